The van der Waals surface area contributed by atoms with Gasteiger partial charge < -0.3 is 14.4 Å². The molecule has 0 aliphatic rings. The summed E-state index contributed by atoms with van der Waals surface area (Å²) < 4.78 is 36.1. The van der Waals surface area contributed by atoms with Crippen LogP contribution in [-0.2, 0) is 14.9 Å². The molecule has 1 aromatic carbocycles. The van der Waals surface area contributed by atoms with E-state index in [1.165, 1.54) is 12.1 Å². The molecule has 0 saturated heterocycles. The second-order valence-electron chi connectivity index (χ2n) is 3.19. The second-order valence-corrected chi connectivity index (χ2v) is 6.42. The second kappa shape index (κ2) is 6.00. The Balaban J connectivity index is 2.74. The van der Waals surface area contributed by atoms with Gasteiger partial charge in [-0.25, -0.2) is 13.2 Å². The van der Waals surface area contributed by atoms with Crippen molar-refractivity contribution in [1.29, 1.82) is 0 Å². The molecule has 0 saturated carbocycles. The van der Waals surface area contributed by atoms with Crippen LogP contribution in [0.15, 0.2) is 21.1 Å². The molecule has 100 valence electrons. The number of hydrogen-bond acceptors (Lipinski definition) is 6. The summed E-state index contributed by atoms with van der Waals surface area (Å²) in [7, 11) is -4.41. The normalized spacial score (nSPS) is 11.3. The Hall–Kier alpha value is -0.640. The smallest absolute Gasteiger partial charge is 0.338 e. The zero-order chi connectivity index (χ0) is 13.9. The first-order valence-electron chi connectivity index (χ1n) is 4.49. The first kappa shape index (κ1) is 15.4. The molecule has 0 bridgehead atoms. The molecule has 1 aromatic rings. The van der Waals surface area contributed by atoms with E-state index in [4.69, 9.17) is 0 Å². The quantitative estimate of drug-likeness (QED) is 0.606. The molecule has 0 atom stereocenters. The summed E-state index contributed by atoms with van der Waals surface area (Å²) in [5, 5.41) is 9.43. The molecule has 0 unspecified atom stereocenters. The lowest BCUT2D eigenvalue weighted by atomic mass is 10.2. The van der Waals surface area contributed by atoms with E-state index in [9.17, 15) is 22.9 Å². The monoisotopic (exact) mass is 401 g/mol. The summed E-state index contributed by atoms with van der Waals surface area (Å²) in [4.78, 5) is 11.5. The molecule has 0 radical (unpaired) electrons. The maximum absolute atomic E-state index is 11.5. The molecule has 9 heteroatoms. The first-order valence-corrected chi connectivity index (χ1v) is 7.66. The fourth-order valence-electron chi connectivity index (χ4n) is 1.00. The van der Waals surface area contributed by atoms with Crippen LogP contribution in [0.2, 0.25) is 0 Å². The maximum Gasteiger partial charge on any atom is 0.338 e. The zero-order valence-electron chi connectivity index (χ0n) is 8.72. The molecule has 0 heterocycles. The van der Waals surface area contributed by atoms with Gasteiger partial charge in [0, 0.05) is 0 Å². The highest BCUT2D eigenvalue weighted by molar-refractivity contribution is 9.11. The van der Waals surface area contributed by atoms with E-state index in [0.29, 0.717) is 0 Å². The van der Waals surface area contributed by atoms with Crippen LogP contribution in [-0.4, -0.2) is 36.4 Å². The number of benzene rings is 1. The van der Waals surface area contributed by atoms with Gasteiger partial charge >= 0.3 is 5.97 Å². The zero-order valence-corrected chi connectivity index (χ0v) is 12.7. The predicted molar refractivity (Wildman–Crippen MR) is 68.4 cm³/mol. The number of phenols is 1. The molecular weight excluding hydrogens is 396 g/mol. The van der Waals surface area contributed by atoms with Gasteiger partial charge in [-0.15, -0.1) is 0 Å². The topological polar surface area (TPSA) is 104 Å². The van der Waals surface area contributed by atoms with Crippen LogP contribution < -0.4 is 0 Å². The SMILES string of the molecule is O=C(OCCS(=O)(=O)[O-])c1cc(Br)c(O)c(Br)c1. The number of hydrogen-bond donors (Lipinski definition) is 1. The standard InChI is InChI=1S/C9H8Br2O6S/c10-6-3-5(4-7(11)8(6)12)9(13)17-1-2-18(14,15)16/h3-4,12H,1-2H2,(H,14,15,16)/p-1. The molecule has 0 amide bonds. The largest absolute Gasteiger partial charge is 0.748 e. The lowest BCUT2D eigenvalue weighted by Crippen LogP contribution is -2.15. The van der Waals surface area contributed by atoms with Gasteiger partial charge in [0.1, 0.15) is 12.4 Å². The van der Waals surface area contributed by atoms with Gasteiger partial charge in [-0.3, -0.25) is 0 Å². The third kappa shape index (κ3) is 4.56. The average Bonchev–Trinajstić information content (AvgIpc) is 2.23. The van der Waals surface area contributed by atoms with E-state index in [2.05, 4.69) is 36.6 Å². The van der Waals surface area contributed by atoms with Crippen LogP contribution in [0.4, 0.5) is 0 Å². The van der Waals surface area contributed by atoms with E-state index in [-0.39, 0.29) is 20.3 Å². The van der Waals surface area contributed by atoms with Gasteiger partial charge in [-0.2, -0.15) is 0 Å². The van der Waals surface area contributed by atoms with Crippen molar-refractivity contribution >= 4 is 47.9 Å². The van der Waals surface area contributed by atoms with Gasteiger partial charge in [-0.05, 0) is 44.0 Å². The minimum atomic E-state index is -4.41. The van der Waals surface area contributed by atoms with Crippen molar-refractivity contribution < 1.29 is 27.6 Å². The molecule has 0 aliphatic carbocycles. The van der Waals surface area contributed by atoms with Crippen LogP contribution in [0.1, 0.15) is 10.4 Å². The highest BCUT2D eigenvalue weighted by Gasteiger charge is 2.13. The Morgan fingerprint density at radius 2 is 1.83 bits per heavy atom. The minimum Gasteiger partial charge on any atom is -0.748 e. The van der Waals surface area contributed by atoms with Gasteiger partial charge in [0.05, 0.1) is 30.4 Å². The van der Waals surface area contributed by atoms with Crippen molar-refractivity contribution in [3.8, 4) is 5.75 Å². The van der Waals surface area contributed by atoms with Crippen LogP contribution in [0.25, 0.3) is 0 Å². The Bertz CT molecular complexity index is 545. The van der Waals surface area contributed by atoms with Crippen LogP contribution in [0.5, 0.6) is 5.75 Å². The van der Waals surface area contributed by atoms with Gasteiger partial charge in [0.25, 0.3) is 0 Å². The Labute approximate surface area is 120 Å². The lowest BCUT2D eigenvalue weighted by molar-refractivity contribution is 0.0528. The third-order valence-corrected chi connectivity index (χ3v) is 3.69. The van der Waals surface area contributed by atoms with Gasteiger partial charge in [0.15, 0.2) is 0 Å². The Morgan fingerprint density at radius 1 is 1.33 bits per heavy atom. The van der Waals surface area contributed by atoms with Gasteiger partial charge in [0.2, 0.25) is 0 Å². The number of carbonyl (C=O) groups excluding carboxylic acids is 1. The van der Waals surface area contributed by atoms with Crippen LogP contribution >= 0.6 is 31.9 Å². The number of esters is 1. The summed E-state index contributed by atoms with van der Waals surface area (Å²) in [5.41, 5.74) is 0.106. The summed E-state index contributed by atoms with van der Waals surface area (Å²) in [6, 6.07) is 2.63. The fourth-order valence-corrected chi connectivity index (χ4v) is 2.48. The maximum atomic E-state index is 11.5. The average molecular weight is 403 g/mol. The van der Waals surface area contributed by atoms with Crippen LogP contribution in [0.3, 0.4) is 0 Å². The Morgan fingerprint density at radius 3 is 2.28 bits per heavy atom. The number of carbonyl (C=O) groups is 1. The minimum absolute atomic E-state index is 0.0753. The molecule has 18 heavy (non-hydrogen) atoms. The molecule has 0 aliphatic heterocycles. The van der Waals surface area contributed by atoms with Crippen molar-refractivity contribution in [2.24, 2.45) is 0 Å². The van der Waals surface area contributed by atoms with Crippen molar-refractivity contribution in [3.63, 3.8) is 0 Å². The number of aromatic hydroxyl groups is 1. The summed E-state index contributed by atoms with van der Waals surface area (Å²) in [5.74, 6) is -1.65. The van der Waals surface area contributed by atoms with E-state index >= 15 is 0 Å². The first-order chi connectivity index (χ1) is 8.20. The van der Waals surface area contributed by atoms with Crippen LogP contribution in [0, 0.1) is 0 Å². The van der Waals surface area contributed by atoms with E-state index in [1.54, 1.807) is 0 Å². The summed E-state index contributed by atoms with van der Waals surface area (Å²) >= 11 is 6.06. The number of rotatable bonds is 4. The van der Waals surface area contributed by atoms with Crippen molar-refractivity contribution in [1.82, 2.24) is 0 Å². The van der Waals surface area contributed by atoms with E-state index in [1.807, 2.05) is 0 Å². The molecule has 0 aromatic heterocycles. The fraction of sp³-hybridized carbons (Fsp3) is 0.222. The molecule has 1 rings (SSSR count). The highest BCUT2D eigenvalue weighted by atomic mass is 79.9. The number of ether oxygens (including phenoxy) is 1. The highest BCUT2D eigenvalue weighted by Crippen LogP contribution is 2.33. The molecule has 0 spiro atoms. The lowest BCUT2D eigenvalue weighted by Gasteiger charge is -2.09. The number of halogens is 2. The molecule has 6 nitrogen and oxygen atoms in total. The Kier molecular flexibility index (Phi) is 5.14. The molecule has 1 N–H and O–H groups in total. The van der Waals surface area contributed by atoms with Crippen molar-refractivity contribution in [2.45, 2.75) is 0 Å². The summed E-state index contributed by atoms with van der Waals surface area (Å²) in [6.07, 6.45) is 0. The summed E-state index contributed by atoms with van der Waals surface area (Å²) in [6.45, 7) is -0.513. The van der Waals surface area contributed by atoms with Crippen molar-refractivity contribution in [3.05, 3.63) is 26.6 Å². The van der Waals surface area contributed by atoms with E-state index in [0.717, 1.165) is 0 Å². The predicted octanol–water partition coefficient (Wildman–Crippen LogP) is 1.62. The van der Waals surface area contributed by atoms with E-state index < -0.39 is 28.4 Å². The number of phenolic OH excluding ortho intramolecular Hbond substituents is 1. The van der Waals surface area contributed by atoms with Crippen molar-refractivity contribution in [2.75, 3.05) is 12.4 Å². The third-order valence-electron chi connectivity index (χ3n) is 1.82. The van der Waals surface area contributed by atoms with Gasteiger partial charge in [-0.1, -0.05) is 0 Å². The molecular formula is C9H7Br2O6S-. The molecule has 0 fully saturated rings.